The Morgan fingerprint density at radius 3 is 2.46 bits per heavy atom. The lowest BCUT2D eigenvalue weighted by Gasteiger charge is -2.45. The summed E-state index contributed by atoms with van der Waals surface area (Å²) in [6.07, 6.45) is 5.54. The van der Waals surface area contributed by atoms with Crippen molar-refractivity contribution >= 4 is 18.3 Å². The summed E-state index contributed by atoms with van der Waals surface area (Å²) in [5.41, 5.74) is 6.16. The number of nitrogens with one attached hydrogen (secondary N) is 1. The second-order valence-corrected chi connectivity index (χ2v) is 7.22. The lowest BCUT2D eigenvalue weighted by Crippen LogP contribution is -2.53. The first kappa shape index (κ1) is 18.8. The molecule has 5 nitrogen and oxygen atoms in total. The molecule has 0 aliphatic heterocycles. The first-order valence-electron chi connectivity index (χ1n) is 9.08. The van der Waals surface area contributed by atoms with Crippen molar-refractivity contribution in [3.05, 3.63) is 48.2 Å². The first-order chi connectivity index (χ1) is 12.2. The van der Waals surface area contributed by atoms with E-state index in [2.05, 4.69) is 5.32 Å². The fourth-order valence-corrected chi connectivity index (χ4v) is 4.35. The molecule has 1 amide bonds. The minimum atomic E-state index is -0.166. The van der Waals surface area contributed by atoms with E-state index in [1.165, 1.54) is 6.42 Å². The van der Waals surface area contributed by atoms with Gasteiger partial charge in [-0.05, 0) is 55.7 Å². The number of hydrogen-bond donors (Lipinski definition) is 2. The number of furan rings is 1. The van der Waals surface area contributed by atoms with Crippen LogP contribution < -0.4 is 15.8 Å². The van der Waals surface area contributed by atoms with E-state index in [9.17, 15) is 4.79 Å². The Labute approximate surface area is 159 Å². The predicted octanol–water partition coefficient (Wildman–Crippen LogP) is 4.13. The van der Waals surface area contributed by atoms with Gasteiger partial charge in [-0.25, -0.2) is 0 Å². The van der Waals surface area contributed by atoms with Crippen molar-refractivity contribution in [3.8, 4) is 11.7 Å². The molecule has 2 bridgehead atoms. The Bertz CT molecular complexity index is 720. The minimum absolute atomic E-state index is 0. The lowest BCUT2D eigenvalue weighted by atomic mass is 9.67. The summed E-state index contributed by atoms with van der Waals surface area (Å²) in [5.74, 6) is 2.10. The standard InChI is InChI=1S/C20H24N2O3.ClH/c21-15-11-13-5-4-6-14(12-15)19(13)22-20(23)17-9-10-18(25-17)24-16-7-2-1-3-8-16;/h1-3,7-10,13-15,19H,4-6,11-12,21H2,(H,22,23);1H. The van der Waals surface area contributed by atoms with Gasteiger partial charge in [0.1, 0.15) is 5.75 Å². The Balaban J connectivity index is 0.00000196. The molecule has 26 heavy (non-hydrogen) atoms. The van der Waals surface area contributed by atoms with Gasteiger partial charge >= 0.3 is 0 Å². The molecule has 2 saturated carbocycles. The summed E-state index contributed by atoms with van der Waals surface area (Å²) in [6.45, 7) is 0. The molecule has 2 aromatic rings. The van der Waals surface area contributed by atoms with Crippen LogP contribution in [0, 0.1) is 11.8 Å². The van der Waals surface area contributed by atoms with Gasteiger partial charge in [-0.1, -0.05) is 24.6 Å². The maximum atomic E-state index is 12.6. The van der Waals surface area contributed by atoms with E-state index in [1.54, 1.807) is 12.1 Å². The van der Waals surface area contributed by atoms with Gasteiger partial charge in [-0.2, -0.15) is 0 Å². The molecule has 4 rings (SSSR count). The second-order valence-electron chi connectivity index (χ2n) is 7.22. The van der Waals surface area contributed by atoms with Crippen LogP contribution >= 0.6 is 12.4 Å². The van der Waals surface area contributed by atoms with E-state index in [1.807, 2.05) is 30.3 Å². The summed E-state index contributed by atoms with van der Waals surface area (Å²) in [4.78, 5) is 12.6. The average Bonchev–Trinajstić information content (AvgIpc) is 3.05. The van der Waals surface area contributed by atoms with Crippen molar-refractivity contribution in [2.45, 2.75) is 44.2 Å². The molecule has 0 radical (unpaired) electrons. The van der Waals surface area contributed by atoms with Gasteiger partial charge in [0.2, 0.25) is 0 Å². The molecule has 2 fully saturated rings. The summed E-state index contributed by atoms with van der Waals surface area (Å²) < 4.78 is 11.2. The summed E-state index contributed by atoms with van der Waals surface area (Å²) >= 11 is 0. The molecule has 1 aromatic heterocycles. The summed E-state index contributed by atoms with van der Waals surface area (Å²) in [6, 6.07) is 13.2. The molecule has 2 unspecified atom stereocenters. The van der Waals surface area contributed by atoms with Crippen LogP contribution in [0.3, 0.4) is 0 Å². The van der Waals surface area contributed by atoms with Crippen molar-refractivity contribution in [1.82, 2.24) is 5.32 Å². The van der Waals surface area contributed by atoms with Crippen LogP contribution in [0.2, 0.25) is 0 Å². The highest BCUT2D eigenvalue weighted by molar-refractivity contribution is 5.91. The van der Waals surface area contributed by atoms with Crippen LogP contribution in [0.1, 0.15) is 42.7 Å². The Morgan fingerprint density at radius 2 is 1.77 bits per heavy atom. The number of fused-ring (bicyclic) bond motifs is 2. The number of para-hydroxylation sites is 1. The zero-order chi connectivity index (χ0) is 17.2. The third-order valence-corrected chi connectivity index (χ3v) is 5.44. The highest BCUT2D eigenvalue weighted by Crippen LogP contribution is 2.39. The van der Waals surface area contributed by atoms with Crippen LogP contribution in [0.5, 0.6) is 11.7 Å². The van der Waals surface area contributed by atoms with Crippen LogP contribution in [-0.2, 0) is 0 Å². The fourth-order valence-electron chi connectivity index (χ4n) is 4.35. The van der Waals surface area contributed by atoms with Gasteiger partial charge in [0, 0.05) is 18.2 Å². The first-order valence-corrected chi connectivity index (χ1v) is 9.08. The Kier molecular flexibility index (Phi) is 5.89. The van der Waals surface area contributed by atoms with Crippen LogP contribution in [0.15, 0.2) is 46.9 Å². The van der Waals surface area contributed by atoms with Crippen molar-refractivity contribution < 1.29 is 13.9 Å². The normalized spacial score (nSPS) is 27.3. The van der Waals surface area contributed by atoms with E-state index in [0.717, 1.165) is 25.7 Å². The molecule has 3 N–H and O–H groups in total. The van der Waals surface area contributed by atoms with Gasteiger partial charge in [0.05, 0.1) is 0 Å². The number of carbonyl (C=O) groups excluding carboxylic acids is 1. The van der Waals surface area contributed by atoms with Gasteiger partial charge in [0.25, 0.3) is 11.9 Å². The molecular weight excluding hydrogens is 352 g/mol. The maximum Gasteiger partial charge on any atom is 0.290 e. The molecule has 6 heteroatoms. The molecule has 1 heterocycles. The van der Waals surface area contributed by atoms with Crippen molar-refractivity contribution in [1.29, 1.82) is 0 Å². The van der Waals surface area contributed by atoms with Gasteiger partial charge in [-0.3, -0.25) is 4.79 Å². The van der Waals surface area contributed by atoms with Crippen molar-refractivity contribution in [2.75, 3.05) is 0 Å². The van der Waals surface area contributed by atoms with E-state index < -0.39 is 0 Å². The number of benzene rings is 1. The number of ether oxygens (including phenoxy) is 1. The van der Waals surface area contributed by atoms with Gasteiger partial charge in [-0.15, -0.1) is 12.4 Å². The monoisotopic (exact) mass is 376 g/mol. The van der Waals surface area contributed by atoms with Crippen LogP contribution in [0.25, 0.3) is 0 Å². The smallest absolute Gasteiger partial charge is 0.290 e. The van der Waals surface area contributed by atoms with Crippen LogP contribution in [0.4, 0.5) is 0 Å². The van der Waals surface area contributed by atoms with Gasteiger partial charge < -0.3 is 20.2 Å². The van der Waals surface area contributed by atoms with E-state index in [4.69, 9.17) is 14.9 Å². The largest absolute Gasteiger partial charge is 0.426 e. The Hall–Kier alpha value is -1.98. The second kappa shape index (κ2) is 8.14. The topological polar surface area (TPSA) is 77.5 Å². The number of carbonyl (C=O) groups is 1. The van der Waals surface area contributed by atoms with Crippen molar-refractivity contribution in [2.24, 2.45) is 17.6 Å². The van der Waals surface area contributed by atoms with E-state index >= 15 is 0 Å². The lowest BCUT2D eigenvalue weighted by molar-refractivity contribution is 0.0728. The van der Waals surface area contributed by atoms with E-state index in [-0.39, 0.29) is 30.4 Å². The molecular formula is C20H25ClN2O3. The van der Waals surface area contributed by atoms with Crippen LogP contribution in [-0.4, -0.2) is 18.0 Å². The quantitative estimate of drug-likeness (QED) is 0.841. The molecule has 1 aromatic carbocycles. The predicted molar refractivity (Wildman–Crippen MR) is 102 cm³/mol. The minimum Gasteiger partial charge on any atom is -0.426 e. The Morgan fingerprint density at radius 1 is 1.08 bits per heavy atom. The molecule has 2 aliphatic rings. The highest BCUT2D eigenvalue weighted by Gasteiger charge is 2.40. The third kappa shape index (κ3) is 4.05. The molecule has 2 atom stereocenters. The number of halogens is 1. The summed E-state index contributed by atoms with van der Waals surface area (Å²) in [7, 11) is 0. The number of nitrogens with two attached hydrogens (primary N) is 1. The zero-order valence-corrected chi connectivity index (χ0v) is 15.4. The zero-order valence-electron chi connectivity index (χ0n) is 14.6. The molecule has 0 spiro atoms. The summed E-state index contributed by atoms with van der Waals surface area (Å²) in [5, 5.41) is 3.19. The van der Waals surface area contributed by atoms with Gasteiger partial charge in [0.15, 0.2) is 5.76 Å². The maximum absolute atomic E-state index is 12.6. The van der Waals surface area contributed by atoms with Crippen molar-refractivity contribution in [3.63, 3.8) is 0 Å². The highest BCUT2D eigenvalue weighted by atomic mass is 35.5. The molecule has 0 saturated heterocycles. The molecule has 2 aliphatic carbocycles. The SMILES string of the molecule is Cl.NC1CC2CCCC(C1)C2NC(=O)c1ccc(Oc2ccccc2)o1. The number of rotatable bonds is 4. The number of amides is 1. The van der Waals surface area contributed by atoms with E-state index in [0.29, 0.717) is 29.3 Å². The fraction of sp³-hybridized carbons (Fsp3) is 0.450. The molecule has 140 valence electrons. The third-order valence-electron chi connectivity index (χ3n) is 5.44. The number of hydrogen-bond acceptors (Lipinski definition) is 4. The average molecular weight is 377 g/mol.